The molecule has 2 N–H and O–H groups in total. The Morgan fingerprint density at radius 1 is 0.966 bits per heavy atom. The van der Waals surface area contributed by atoms with Gasteiger partial charge in [-0.1, -0.05) is 36.4 Å². The summed E-state index contributed by atoms with van der Waals surface area (Å²) in [6.07, 6.45) is 0. The number of rotatable bonds is 5. The number of ether oxygens (including phenoxy) is 1. The first kappa shape index (κ1) is 19.2. The van der Waals surface area contributed by atoms with E-state index >= 15 is 0 Å². The van der Waals surface area contributed by atoms with Crippen LogP contribution in [0.2, 0.25) is 0 Å². The molecule has 0 aliphatic heterocycles. The number of para-hydroxylation sites is 1. The molecule has 0 radical (unpaired) electrons. The predicted molar refractivity (Wildman–Crippen MR) is 110 cm³/mol. The molecule has 1 heterocycles. The first-order valence-corrected chi connectivity index (χ1v) is 10.4. The van der Waals surface area contributed by atoms with Gasteiger partial charge >= 0.3 is 0 Å². The third-order valence-corrected chi connectivity index (χ3v) is 6.58. The van der Waals surface area contributed by atoms with Gasteiger partial charge in [-0.3, -0.25) is 0 Å². The summed E-state index contributed by atoms with van der Waals surface area (Å²) < 4.78 is 47.5. The van der Waals surface area contributed by atoms with E-state index in [-0.39, 0.29) is 4.90 Å². The monoisotopic (exact) mass is 410 g/mol. The van der Waals surface area contributed by atoms with Crippen molar-refractivity contribution in [3.05, 3.63) is 95.9 Å². The molecule has 0 saturated carbocycles. The molecule has 1 aromatic heterocycles. The molecule has 7 heteroatoms. The van der Waals surface area contributed by atoms with Crippen LogP contribution in [0.5, 0.6) is 5.75 Å². The van der Waals surface area contributed by atoms with Crippen LogP contribution in [0.4, 0.5) is 4.39 Å². The quantitative estimate of drug-likeness (QED) is 0.538. The number of benzene rings is 3. The molecule has 5 nitrogen and oxygen atoms in total. The van der Waals surface area contributed by atoms with Crippen LogP contribution in [0, 0.1) is 5.82 Å². The van der Waals surface area contributed by atoms with Crippen molar-refractivity contribution < 1.29 is 17.5 Å². The van der Waals surface area contributed by atoms with Crippen LogP contribution >= 0.6 is 0 Å². The summed E-state index contributed by atoms with van der Waals surface area (Å²) in [5.41, 5.74) is 7.65. The van der Waals surface area contributed by atoms with E-state index in [1.54, 1.807) is 36.4 Å². The van der Waals surface area contributed by atoms with Crippen molar-refractivity contribution in [2.45, 2.75) is 10.9 Å². The normalized spacial score (nSPS) is 12.8. The van der Waals surface area contributed by atoms with Crippen molar-refractivity contribution in [3.8, 4) is 5.75 Å². The Morgan fingerprint density at radius 2 is 1.66 bits per heavy atom. The fourth-order valence-corrected chi connectivity index (χ4v) is 5.02. The number of halogens is 1. The molecule has 0 saturated heterocycles. The molecule has 4 aromatic rings. The van der Waals surface area contributed by atoms with E-state index in [9.17, 15) is 12.8 Å². The standard InChI is InChI=1S/C22H19FN2O3S/c1-28-21-12-11-16(23)14-18(21)22(24)20-13-15-7-5-6-10-19(15)25(20)29(26,27)17-8-3-2-4-9-17/h2-14,22H,24H2,1H3. The Morgan fingerprint density at radius 3 is 2.38 bits per heavy atom. The Balaban J connectivity index is 2.00. The fourth-order valence-electron chi connectivity index (χ4n) is 3.44. The highest BCUT2D eigenvalue weighted by atomic mass is 32.2. The molecule has 0 aliphatic carbocycles. The van der Waals surface area contributed by atoms with Gasteiger partial charge in [0.2, 0.25) is 0 Å². The molecule has 0 spiro atoms. The van der Waals surface area contributed by atoms with E-state index in [0.29, 0.717) is 27.9 Å². The zero-order valence-corrected chi connectivity index (χ0v) is 16.4. The van der Waals surface area contributed by atoms with Crippen LogP contribution in [-0.2, 0) is 10.0 Å². The first-order valence-electron chi connectivity index (χ1n) is 8.93. The lowest BCUT2D eigenvalue weighted by Gasteiger charge is -2.19. The lowest BCUT2D eigenvalue weighted by Crippen LogP contribution is -2.22. The molecule has 0 fully saturated rings. The zero-order chi connectivity index (χ0) is 20.6. The van der Waals surface area contributed by atoms with Gasteiger partial charge in [0.15, 0.2) is 0 Å². The second-order valence-corrected chi connectivity index (χ2v) is 8.36. The van der Waals surface area contributed by atoms with Crippen LogP contribution in [-0.4, -0.2) is 19.5 Å². The second kappa shape index (κ2) is 7.35. The molecule has 0 aliphatic rings. The van der Waals surface area contributed by atoms with Gasteiger partial charge in [-0.05, 0) is 42.5 Å². The molecule has 1 atom stereocenters. The average molecular weight is 410 g/mol. The summed E-state index contributed by atoms with van der Waals surface area (Å²) in [5, 5.41) is 0.716. The minimum atomic E-state index is -3.93. The highest BCUT2D eigenvalue weighted by Gasteiger charge is 2.27. The number of nitrogens with zero attached hydrogens (tertiary/aromatic N) is 1. The van der Waals surface area contributed by atoms with Gasteiger partial charge in [0.05, 0.1) is 29.3 Å². The summed E-state index contributed by atoms with van der Waals surface area (Å²) >= 11 is 0. The summed E-state index contributed by atoms with van der Waals surface area (Å²) in [4.78, 5) is 0.140. The Bertz CT molecular complexity index is 1280. The summed E-state index contributed by atoms with van der Waals surface area (Å²) in [5.74, 6) is -0.0994. The van der Waals surface area contributed by atoms with E-state index in [4.69, 9.17) is 10.5 Å². The van der Waals surface area contributed by atoms with Gasteiger partial charge in [0.25, 0.3) is 10.0 Å². The smallest absolute Gasteiger partial charge is 0.268 e. The first-order chi connectivity index (χ1) is 13.9. The molecular weight excluding hydrogens is 391 g/mol. The number of hydrogen-bond acceptors (Lipinski definition) is 4. The molecule has 29 heavy (non-hydrogen) atoms. The largest absolute Gasteiger partial charge is 0.496 e. The zero-order valence-electron chi connectivity index (χ0n) is 15.6. The predicted octanol–water partition coefficient (Wildman–Crippen LogP) is 4.07. The van der Waals surface area contributed by atoms with E-state index in [2.05, 4.69) is 0 Å². The van der Waals surface area contributed by atoms with E-state index in [1.807, 2.05) is 12.1 Å². The maximum Gasteiger partial charge on any atom is 0.268 e. The van der Waals surface area contributed by atoms with Gasteiger partial charge in [-0.2, -0.15) is 0 Å². The van der Waals surface area contributed by atoms with Gasteiger partial charge < -0.3 is 10.5 Å². The van der Waals surface area contributed by atoms with Crippen molar-refractivity contribution in [3.63, 3.8) is 0 Å². The van der Waals surface area contributed by atoms with E-state index < -0.39 is 21.9 Å². The highest BCUT2D eigenvalue weighted by molar-refractivity contribution is 7.90. The second-order valence-electron chi connectivity index (χ2n) is 6.57. The number of nitrogens with two attached hydrogens (primary N) is 1. The maximum absolute atomic E-state index is 13.9. The number of methoxy groups -OCH3 is 1. The van der Waals surface area contributed by atoms with Crippen molar-refractivity contribution in [2.75, 3.05) is 7.11 Å². The lowest BCUT2D eigenvalue weighted by atomic mass is 10.0. The molecule has 4 rings (SSSR count). The molecule has 0 amide bonds. The van der Waals surface area contributed by atoms with Gasteiger partial charge in [-0.25, -0.2) is 16.8 Å². The third-order valence-electron chi connectivity index (χ3n) is 4.82. The SMILES string of the molecule is COc1ccc(F)cc1C(N)c1cc2ccccc2n1S(=O)(=O)c1ccccc1. The molecule has 148 valence electrons. The van der Waals surface area contributed by atoms with Crippen LogP contribution in [0.1, 0.15) is 17.3 Å². The minimum absolute atomic E-state index is 0.140. The summed E-state index contributed by atoms with van der Waals surface area (Å²) in [6, 6.07) is 20.0. The Hall–Kier alpha value is -3.16. The van der Waals surface area contributed by atoms with E-state index in [0.717, 1.165) is 0 Å². The summed E-state index contributed by atoms with van der Waals surface area (Å²) in [6.45, 7) is 0. The van der Waals surface area contributed by atoms with Crippen molar-refractivity contribution in [1.82, 2.24) is 3.97 Å². The molecule has 3 aromatic carbocycles. The van der Waals surface area contributed by atoms with Gasteiger partial charge in [0, 0.05) is 10.9 Å². The van der Waals surface area contributed by atoms with Crippen LogP contribution in [0.15, 0.2) is 83.8 Å². The third kappa shape index (κ3) is 3.28. The van der Waals surface area contributed by atoms with Gasteiger partial charge in [-0.15, -0.1) is 0 Å². The topological polar surface area (TPSA) is 74.3 Å². The number of hydrogen-bond donors (Lipinski definition) is 1. The van der Waals surface area contributed by atoms with Crippen LogP contribution < -0.4 is 10.5 Å². The molecule has 1 unspecified atom stereocenters. The summed E-state index contributed by atoms with van der Waals surface area (Å²) in [7, 11) is -2.48. The lowest BCUT2D eigenvalue weighted by molar-refractivity contribution is 0.406. The average Bonchev–Trinajstić information content (AvgIpc) is 3.14. The molecule has 0 bridgehead atoms. The van der Waals surface area contributed by atoms with Crippen LogP contribution in [0.3, 0.4) is 0 Å². The maximum atomic E-state index is 13.9. The fraction of sp³-hybridized carbons (Fsp3) is 0.0909. The van der Waals surface area contributed by atoms with Crippen molar-refractivity contribution in [1.29, 1.82) is 0 Å². The Labute approximate surface area is 168 Å². The minimum Gasteiger partial charge on any atom is -0.496 e. The molecular formula is C22H19FN2O3S. The number of fused-ring (bicyclic) bond motifs is 1. The van der Waals surface area contributed by atoms with Crippen LogP contribution in [0.25, 0.3) is 10.9 Å². The van der Waals surface area contributed by atoms with Crippen molar-refractivity contribution in [2.24, 2.45) is 5.73 Å². The van der Waals surface area contributed by atoms with Gasteiger partial charge in [0.1, 0.15) is 11.6 Å². The van der Waals surface area contributed by atoms with E-state index in [1.165, 1.54) is 41.4 Å². The number of aromatic nitrogens is 1. The Kier molecular flexibility index (Phi) is 4.86. The highest BCUT2D eigenvalue weighted by Crippen LogP contribution is 2.34. The van der Waals surface area contributed by atoms with Crippen molar-refractivity contribution >= 4 is 20.9 Å².